The minimum absolute atomic E-state index is 0.520. The standard InChI is InChI=1S/C13H15N7S/c1-20-8-17-10(18-20)4-6-16-13-11(12(14)19-21-13)9-3-2-5-15-7-9/h2-3,5,7-8,16H,4,6H2,1H3,(H2,14,19). The molecule has 108 valence electrons. The Morgan fingerprint density at radius 1 is 1.43 bits per heavy atom. The Morgan fingerprint density at radius 2 is 2.33 bits per heavy atom. The third kappa shape index (κ3) is 3.00. The Labute approximate surface area is 126 Å². The number of anilines is 2. The van der Waals surface area contributed by atoms with Crippen LogP contribution in [0.4, 0.5) is 10.8 Å². The molecular formula is C13H15N7S. The smallest absolute Gasteiger partial charge is 0.152 e. The zero-order valence-electron chi connectivity index (χ0n) is 11.5. The van der Waals surface area contributed by atoms with Crippen LogP contribution in [0.3, 0.4) is 0 Å². The second-order valence-electron chi connectivity index (χ2n) is 4.52. The molecule has 0 radical (unpaired) electrons. The molecule has 0 aliphatic rings. The van der Waals surface area contributed by atoms with Crippen molar-refractivity contribution in [1.29, 1.82) is 0 Å². The minimum Gasteiger partial charge on any atom is -0.382 e. The lowest BCUT2D eigenvalue weighted by Crippen LogP contribution is -2.06. The molecule has 0 saturated heterocycles. The van der Waals surface area contributed by atoms with Gasteiger partial charge in [-0.2, -0.15) is 9.47 Å². The van der Waals surface area contributed by atoms with Crippen molar-refractivity contribution in [3.63, 3.8) is 0 Å². The number of hydrogen-bond acceptors (Lipinski definition) is 7. The Morgan fingerprint density at radius 3 is 3.05 bits per heavy atom. The van der Waals surface area contributed by atoms with Gasteiger partial charge in [0.15, 0.2) is 5.82 Å². The Balaban J connectivity index is 1.72. The highest BCUT2D eigenvalue weighted by Gasteiger charge is 2.13. The van der Waals surface area contributed by atoms with Crippen LogP contribution in [-0.2, 0) is 13.5 Å². The van der Waals surface area contributed by atoms with Crippen LogP contribution in [-0.4, -0.2) is 30.7 Å². The molecule has 3 N–H and O–H groups in total. The molecule has 3 aromatic heterocycles. The average molecular weight is 301 g/mol. The van der Waals surface area contributed by atoms with Crippen molar-refractivity contribution in [1.82, 2.24) is 24.1 Å². The molecule has 21 heavy (non-hydrogen) atoms. The van der Waals surface area contributed by atoms with E-state index in [-0.39, 0.29) is 0 Å². The van der Waals surface area contributed by atoms with Gasteiger partial charge in [-0.3, -0.25) is 9.67 Å². The first-order chi connectivity index (χ1) is 10.2. The Kier molecular flexibility index (Phi) is 3.78. The van der Waals surface area contributed by atoms with Crippen molar-refractivity contribution >= 4 is 22.4 Å². The van der Waals surface area contributed by atoms with Crippen molar-refractivity contribution in [3.05, 3.63) is 36.7 Å². The molecule has 0 aromatic carbocycles. The second-order valence-corrected chi connectivity index (χ2v) is 5.30. The fraction of sp³-hybridized carbons (Fsp3) is 0.231. The van der Waals surface area contributed by atoms with E-state index < -0.39 is 0 Å². The van der Waals surface area contributed by atoms with E-state index in [0.717, 1.165) is 34.9 Å². The number of nitrogens with zero attached hydrogens (tertiary/aromatic N) is 5. The average Bonchev–Trinajstić information content (AvgIpc) is 3.06. The largest absolute Gasteiger partial charge is 0.382 e. The summed E-state index contributed by atoms with van der Waals surface area (Å²) in [6.07, 6.45) is 5.96. The number of pyridine rings is 1. The van der Waals surface area contributed by atoms with Crippen molar-refractivity contribution in [2.75, 3.05) is 17.6 Å². The van der Waals surface area contributed by atoms with Crippen LogP contribution in [0, 0.1) is 0 Å². The van der Waals surface area contributed by atoms with Crippen LogP contribution >= 0.6 is 11.5 Å². The van der Waals surface area contributed by atoms with Gasteiger partial charge in [0.2, 0.25) is 0 Å². The highest BCUT2D eigenvalue weighted by Crippen LogP contribution is 2.36. The van der Waals surface area contributed by atoms with Gasteiger partial charge in [-0.1, -0.05) is 6.07 Å². The van der Waals surface area contributed by atoms with Gasteiger partial charge in [0.25, 0.3) is 0 Å². The molecule has 7 nitrogen and oxygen atoms in total. The van der Waals surface area contributed by atoms with Crippen LogP contribution in [0.1, 0.15) is 5.82 Å². The molecular weight excluding hydrogens is 286 g/mol. The molecule has 0 fully saturated rings. The van der Waals surface area contributed by atoms with E-state index in [1.807, 2.05) is 19.2 Å². The zero-order valence-corrected chi connectivity index (χ0v) is 12.3. The fourth-order valence-corrected chi connectivity index (χ4v) is 2.76. The lowest BCUT2D eigenvalue weighted by molar-refractivity contribution is 0.742. The number of aromatic nitrogens is 5. The minimum atomic E-state index is 0.520. The monoisotopic (exact) mass is 301 g/mol. The SMILES string of the molecule is Cn1cnc(CCNc2snc(N)c2-c2cccnc2)n1. The van der Waals surface area contributed by atoms with Crippen molar-refractivity contribution in [3.8, 4) is 11.1 Å². The van der Waals surface area contributed by atoms with Gasteiger partial charge in [-0.05, 0) is 17.6 Å². The number of aryl methyl sites for hydroxylation is 1. The maximum atomic E-state index is 5.96. The summed E-state index contributed by atoms with van der Waals surface area (Å²) in [5, 5.41) is 8.54. The van der Waals surface area contributed by atoms with E-state index in [4.69, 9.17) is 5.73 Å². The Bertz CT molecular complexity index is 719. The summed E-state index contributed by atoms with van der Waals surface area (Å²) >= 11 is 1.35. The van der Waals surface area contributed by atoms with Gasteiger partial charge in [-0.15, -0.1) is 0 Å². The molecule has 0 spiro atoms. The van der Waals surface area contributed by atoms with Crippen molar-refractivity contribution in [2.45, 2.75) is 6.42 Å². The number of nitrogens with one attached hydrogen (secondary N) is 1. The third-order valence-corrected chi connectivity index (χ3v) is 3.77. The van der Waals surface area contributed by atoms with Crippen LogP contribution < -0.4 is 11.1 Å². The highest BCUT2D eigenvalue weighted by molar-refractivity contribution is 7.11. The molecule has 3 aromatic rings. The molecule has 3 rings (SSSR count). The first kappa shape index (κ1) is 13.5. The molecule has 0 amide bonds. The summed E-state index contributed by atoms with van der Waals surface area (Å²) in [4.78, 5) is 8.32. The third-order valence-electron chi connectivity index (χ3n) is 2.95. The molecule has 3 heterocycles. The molecule has 0 bridgehead atoms. The van der Waals surface area contributed by atoms with E-state index in [1.165, 1.54) is 11.5 Å². The predicted molar refractivity (Wildman–Crippen MR) is 83.0 cm³/mol. The van der Waals surface area contributed by atoms with Crippen molar-refractivity contribution in [2.24, 2.45) is 7.05 Å². The lowest BCUT2D eigenvalue weighted by Gasteiger charge is -2.06. The molecule has 0 saturated carbocycles. The Hall–Kier alpha value is -2.48. The van der Waals surface area contributed by atoms with Gasteiger partial charge < -0.3 is 11.1 Å². The molecule has 0 unspecified atom stereocenters. The normalized spacial score (nSPS) is 10.7. The van der Waals surface area contributed by atoms with E-state index in [9.17, 15) is 0 Å². The van der Waals surface area contributed by atoms with E-state index in [0.29, 0.717) is 5.82 Å². The summed E-state index contributed by atoms with van der Waals surface area (Å²) in [5.74, 6) is 1.33. The first-order valence-corrected chi connectivity index (χ1v) is 7.25. The molecule has 0 aliphatic heterocycles. The summed E-state index contributed by atoms with van der Waals surface area (Å²) in [6, 6.07) is 3.85. The lowest BCUT2D eigenvalue weighted by atomic mass is 10.1. The van der Waals surface area contributed by atoms with Gasteiger partial charge in [0, 0.05) is 38.0 Å². The molecule has 8 heteroatoms. The van der Waals surface area contributed by atoms with Crippen LogP contribution in [0.15, 0.2) is 30.9 Å². The topological polar surface area (TPSA) is 94.5 Å². The molecule has 0 aliphatic carbocycles. The van der Waals surface area contributed by atoms with Crippen LogP contribution in [0.25, 0.3) is 11.1 Å². The molecule has 0 atom stereocenters. The quantitative estimate of drug-likeness (QED) is 0.743. The van der Waals surface area contributed by atoms with E-state index in [1.54, 1.807) is 23.4 Å². The predicted octanol–water partition coefficient (Wildman–Crippen LogP) is 1.57. The second kappa shape index (κ2) is 5.88. The van der Waals surface area contributed by atoms with E-state index in [2.05, 4.69) is 24.8 Å². The maximum Gasteiger partial charge on any atom is 0.152 e. The summed E-state index contributed by atoms with van der Waals surface area (Å²) in [5.41, 5.74) is 7.83. The summed E-state index contributed by atoms with van der Waals surface area (Å²) in [7, 11) is 1.86. The van der Waals surface area contributed by atoms with E-state index >= 15 is 0 Å². The summed E-state index contributed by atoms with van der Waals surface area (Å²) in [6.45, 7) is 0.721. The van der Waals surface area contributed by atoms with Crippen LogP contribution in [0.2, 0.25) is 0 Å². The number of rotatable bonds is 5. The number of nitrogens with two attached hydrogens (primary N) is 1. The van der Waals surface area contributed by atoms with Gasteiger partial charge >= 0.3 is 0 Å². The van der Waals surface area contributed by atoms with Gasteiger partial charge in [-0.25, -0.2) is 4.98 Å². The zero-order chi connectivity index (χ0) is 14.7. The van der Waals surface area contributed by atoms with Gasteiger partial charge in [0.1, 0.15) is 17.1 Å². The maximum absolute atomic E-state index is 5.96. The van der Waals surface area contributed by atoms with Crippen LogP contribution in [0.5, 0.6) is 0 Å². The first-order valence-electron chi connectivity index (χ1n) is 6.48. The highest BCUT2D eigenvalue weighted by atomic mass is 32.1. The summed E-state index contributed by atoms with van der Waals surface area (Å²) < 4.78 is 5.91. The number of hydrogen-bond donors (Lipinski definition) is 2. The fourth-order valence-electron chi connectivity index (χ4n) is 2.00. The van der Waals surface area contributed by atoms with Crippen molar-refractivity contribution < 1.29 is 0 Å². The van der Waals surface area contributed by atoms with Gasteiger partial charge in [0.05, 0.1) is 5.56 Å². The number of nitrogen functional groups attached to an aromatic ring is 1.